The first-order chi connectivity index (χ1) is 13.1. The highest BCUT2D eigenvalue weighted by Crippen LogP contribution is 2.38. The van der Waals surface area contributed by atoms with Crippen LogP contribution in [0.25, 0.3) is 10.9 Å². The summed E-state index contributed by atoms with van der Waals surface area (Å²) >= 11 is 1.65. The smallest absolute Gasteiger partial charge is 0.287 e. The van der Waals surface area contributed by atoms with Crippen LogP contribution in [-0.2, 0) is 5.75 Å². The molecule has 1 aliphatic carbocycles. The van der Waals surface area contributed by atoms with Crippen molar-refractivity contribution in [3.63, 3.8) is 0 Å². The minimum Gasteiger partial charge on any atom is -0.455 e. The minimum atomic E-state index is -0.292. The molecular weight excluding hydrogens is 360 g/mol. The summed E-state index contributed by atoms with van der Waals surface area (Å²) in [6.45, 7) is 0. The van der Waals surface area contributed by atoms with Gasteiger partial charge in [0.1, 0.15) is 5.76 Å². The number of amides is 1. The maximum atomic E-state index is 12.7. The summed E-state index contributed by atoms with van der Waals surface area (Å²) in [5.41, 5.74) is 1.88. The zero-order chi connectivity index (χ0) is 18.8. The number of fused-ring (bicyclic) bond motifs is 1. The molecule has 1 saturated carbocycles. The summed E-state index contributed by atoms with van der Waals surface area (Å²) in [7, 11) is 0. The third-order valence-corrected chi connectivity index (χ3v) is 5.62. The molecule has 4 rings (SSSR count). The van der Waals surface area contributed by atoms with E-state index in [4.69, 9.17) is 4.42 Å². The van der Waals surface area contributed by atoms with Crippen LogP contribution in [0, 0.1) is 5.92 Å². The Morgan fingerprint density at radius 1 is 1.33 bits per heavy atom. The molecule has 140 valence electrons. The number of aromatic nitrogens is 1. The van der Waals surface area contributed by atoms with Crippen molar-refractivity contribution in [2.24, 2.45) is 5.92 Å². The van der Waals surface area contributed by atoms with Gasteiger partial charge in [-0.2, -0.15) is 11.8 Å². The molecule has 0 aliphatic heterocycles. The molecule has 2 heterocycles. The highest BCUT2D eigenvalue weighted by atomic mass is 32.2. The zero-order valence-electron chi connectivity index (χ0n) is 15.1. The highest BCUT2D eigenvalue weighted by Gasteiger charge is 2.36. The molecule has 6 heteroatoms. The summed E-state index contributed by atoms with van der Waals surface area (Å²) in [6, 6.07) is 13.3. The Bertz CT molecular complexity index is 949. The molecule has 0 saturated heterocycles. The Morgan fingerprint density at radius 3 is 2.93 bits per heavy atom. The van der Waals surface area contributed by atoms with E-state index >= 15 is 0 Å². The predicted molar refractivity (Wildman–Crippen MR) is 107 cm³/mol. The van der Waals surface area contributed by atoms with Crippen molar-refractivity contribution in [2.75, 3.05) is 6.26 Å². The van der Waals surface area contributed by atoms with Crippen molar-refractivity contribution in [3.05, 3.63) is 65.7 Å². The summed E-state index contributed by atoms with van der Waals surface area (Å²) in [5.74, 6) is 1.79. The Balaban J connectivity index is 1.59. The molecular formula is C21H22N2O3S. The average molecular weight is 382 g/mol. The molecule has 1 atom stereocenters. The molecule has 1 aliphatic rings. The average Bonchev–Trinajstić information content (AvgIpc) is 3.12. The Labute approximate surface area is 162 Å². The fourth-order valence-electron chi connectivity index (χ4n) is 3.57. The Kier molecular flexibility index (Phi) is 5.18. The van der Waals surface area contributed by atoms with Crippen LogP contribution in [0.15, 0.2) is 53.1 Å². The number of carbonyl (C=O) groups excluding carboxylic acids is 1. The van der Waals surface area contributed by atoms with Gasteiger partial charge in [0.15, 0.2) is 5.76 Å². The fourth-order valence-corrected chi connectivity index (χ4v) is 4.01. The van der Waals surface area contributed by atoms with Crippen molar-refractivity contribution in [1.29, 1.82) is 0 Å². The SMILES string of the molecule is CSCc1ccc(C(=O)N[C@H](c2cnc3ccccc3c2)C2CC(O)C2)o1. The van der Waals surface area contributed by atoms with Gasteiger partial charge in [0, 0.05) is 11.6 Å². The lowest BCUT2D eigenvalue weighted by atomic mass is 9.75. The number of aliphatic hydroxyl groups is 1. The van der Waals surface area contributed by atoms with Gasteiger partial charge in [-0.25, -0.2) is 0 Å². The molecule has 27 heavy (non-hydrogen) atoms. The lowest BCUT2D eigenvalue weighted by Gasteiger charge is -2.38. The van der Waals surface area contributed by atoms with Gasteiger partial charge in [0.05, 0.1) is 23.4 Å². The van der Waals surface area contributed by atoms with Crippen LogP contribution in [0.2, 0.25) is 0 Å². The number of furan rings is 1. The Morgan fingerprint density at radius 2 is 2.15 bits per heavy atom. The maximum Gasteiger partial charge on any atom is 0.287 e. The van der Waals surface area contributed by atoms with Crippen molar-refractivity contribution in [1.82, 2.24) is 10.3 Å². The summed E-state index contributed by atoms with van der Waals surface area (Å²) < 4.78 is 5.65. The molecule has 1 aromatic carbocycles. The van der Waals surface area contributed by atoms with Gasteiger partial charge >= 0.3 is 0 Å². The number of thioether (sulfide) groups is 1. The van der Waals surface area contributed by atoms with Crippen molar-refractivity contribution in [3.8, 4) is 0 Å². The largest absolute Gasteiger partial charge is 0.455 e. The van der Waals surface area contributed by atoms with E-state index in [2.05, 4.69) is 16.4 Å². The summed E-state index contributed by atoms with van der Waals surface area (Å²) in [6.07, 6.45) is 4.87. The maximum absolute atomic E-state index is 12.7. The molecule has 2 N–H and O–H groups in total. The number of pyridine rings is 1. The van der Waals surface area contributed by atoms with E-state index in [1.54, 1.807) is 17.8 Å². The van der Waals surface area contributed by atoms with Crippen LogP contribution in [0.1, 0.15) is 40.8 Å². The van der Waals surface area contributed by atoms with Crippen molar-refractivity contribution in [2.45, 2.75) is 30.7 Å². The van der Waals surface area contributed by atoms with E-state index < -0.39 is 0 Å². The number of hydrogen-bond donors (Lipinski definition) is 2. The lowest BCUT2D eigenvalue weighted by Crippen LogP contribution is -2.41. The van der Waals surface area contributed by atoms with Gasteiger partial charge in [-0.05, 0) is 54.8 Å². The zero-order valence-corrected chi connectivity index (χ0v) is 15.9. The molecule has 5 nitrogen and oxygen atoms in total. The van der Waals surface area contributed by atoms with Gasteiger partial charge in [-0.1, -0.05) is 18.2 Å². The number of aliphatic hydroxyl groups excluding tert-OH is 1. The Hall–Kier alpha value is -2.31. The van der Waals surface area contributed by atoms with Gasteiger partial charge in [0.2, 0.25) is 0 Å². The van der Waals surface area contributed by atoms with E-state index in [-0.39, 0.29) is 24.0 Å². The second-order valence-electron chi connectivity index (χ2n) is 7.00. The number of nitrogens with one attached hydrogen (secondary N) is 1. The second-order valence-corrected chi connectivity index (χ2v) is 7.86. The van der Waals surface area contributed by atoms with Crippen LogP contribution >= 0.6 is 11.8 Å². The number of para-hydroxylation sites is 1. The summed E-state index contributed by atoms with van der Waals surface area (Å²) in [4.78, 5) is 17.3. The molecule has 1 amide bonds. The third kappa shape index (κ3) is 3.87. The van der Waals surface area contributed by atoms with E-state index in [9.17, 15) is 9.90 Å². The number of benzene rings is 1. The molecule has 2 aromatic heterocycles. The summed E-state index contributed by atoms with van der Waals surface area (Å²) in [5, 5.41) is 13.9. The minimum absolute atomic E-state index is 0.188. The van der Waals surface area contributed by atoms with Crippen LogP contribution in [-0.4, -0.2) is 28.4 Å². The van der Waals surface area contributed by atoms with E-state index in [1.165, 1.54) is 0 Å². The molecule has 0 unspecified atom stereocenters. The number of hydrogen-bond acceptors (Lipinski definition) is 5. The fraction of sp³-hybridized carbons (Fsp3) is 0.333. The number of carbonyl (C=O) groups is 1. The van der Waals surface area contributed by atoms with E-state index in [0.29, 0.717) is 18.6 Å². The van der Waals surface area contributed by atoms with Crippen LogP contribution in [0.5, 0.6) is 0 Å². The molecule has 0 spiro atoms. The van der Waals surface area contributed by atoms with Gasteiger partial charge in [0.25, 0.3) is 5.91 Å². The predicted octanol–water partition coefficient (Wildman–Crippen LogP) is 3.93. The topological polar surface area (TPSA) is 75.4 Å². The van der Waals surface area contributed by atoms with Crippen molar-refractivity contribution < 1.29 is 14.3 Å². The standard InChI is InChI=1S/C21H22N2O3S/c1-27-12-17-6-7-19(26-17)21(25)23-20(14-9-16(24)10-14)15-8-13-4-2-3-5-18(13)22-11-15/h2-8,11,14,16,20,24H,9-10,12H2,1H3,(H,23,25)/t14?,16?,20-/m0/s1. The van der Waals surface area contributed by atoms with E-state index in [1.807, 2.05) is 42.8 Å². The van der Waals surface area contributed by atoms with Gasteiger partial charge < -0.3 is 14.8 Å². The van der Waals surface area contributed by atoms with Gasteiger partial charge in [-0.3, -0.25) is 9.78 Å². The monoisotopic (exact) mass is 382 g/mol. The van der Waals surface area contributed by atoms with Crippen LogP contribution in [0.4, 0.5) is 0 Å². The normalized spacial score (nSPS) is 20.2. The number of rotatable bonds is 6. The quantitative estimate of drug-likeness (QED) is 0.676. The van der Waals surface area contributed by atoms with Gasteiger partial charge in [-0.15, -0.1) is 0 Å². The first kappa shape index (κ1) is 18.1. The number of nitrogens with zero attached hydrogens (tertiary/aromatic N) is 1. The second kappa shape index (κ2) is 7.74. The lowest BCUT2D eigenvalue weighted by molar-refractivity contribution is 0.0232. The van der Waals surface area contributed by atoms with Crippen LogP contribution in [0.3, 0.4) is 0 Å². The first-order valence-electron chi connectivity index (χ1n) is 9.05. The third-order valence-electron chi connectivity index (χ3n) is 5.05. The highest BCUT2D eigenvalue weighted by molar-refractivity contribution is 7.97. The molecule has 0 radical (unpaired) electrons. The molecule has 3 aromatic rings. The molecule has 1 fully saturated rings. The first-order valence-corrected chi connectivity index (χ1v) is 10.4. The van der Waals surface area contributed by atoms with Crippen molar-refractivity contribution >= 4 is 28.6 Å². The molecule has 0 bridgehead atoms. The van der Waals surface area contributed by atoms with Crippen LogP contribution < -0.4 is 5.32 Å². The van der Waals surface area contributed by atoms with E-state index in [0.717, 1.165) is 28.0 Å².